The molecule has 0 radical (unpaired) electrons. The highest BCUT2D eigenvalue weighted by molar-refractivity contribution is 6.31. The van der Waals surface area contributed by atoms with Crippen LogP contribution in [0.2, 0.25) is 5.02 Å². The van der Waals surface area contributed by atoms with Gasteiger partial charge in [-0.3, -0.25) is 4.98 Å². The maximum Gasteiger partial charge on any atom is 0.0722 e. The van der Waals surface area contributed by atoms with Crippen molar-refractivity contribution in [2.75, 3.05) is 0 Å². The van der Waals surface area contributed by atoms with E-state index >= 15 is 0 Å². The number of pyridine rings is 1. The molecule has 1 fully saturated rings. The topological polar surface area (TPSA) is 12.9 Å². The number of nitrogens with zero attached hydrogens (tertiary/aromatic N) is 1. The highest BCUT2D eigenvalue weighted by Crippen LogP contribution is 2.36. The van der Waals surface area contributed by atoms with Crippen LogP contribution in [0.3, 0.4) is 0 Å². The number of hydrogen-bond acceptors (Lipinski definition) is 1. The minimum Gasteiger partial charge on any atom is -0.253 e. The second-order valence-electron chi connectivity index (χ2n) is 5.35. The fourth-order valence-electron chi connectivity index (χ4n) is 3.12. The van der Waals surface area contributed by atoms with Gasteiger partial charge in [-0.1, -0.05) is 36.9 Å². The summed E-state index contributed by atoms with van der Waals surface area (Å²) in [6.07, 6.45) is 6.76. The van der Waals surface area contributed by atoms with Gasteiger partial charge < -0.3 is 0 Å². The molecule has 0 aliphatic heterocycles. The van der Waals surface area contributed by atoms with Gasteiger partial charge >= 0.3 is 0 Å². The Morgan fingerprint density at radius 2 is 1.89 bits per heavy atom. The van der Waals surface area contributed by atoms with Crippen molar-refractivity contribution in [2.45, 2.75) is 44.9 Å². The van der Waals surface area contributed by atoms with Crippen molar-refractivity contribution in [2.24, 2.45) is 0 Å². The predicted molar refractivity (Wildman–Crippen MR) is 77.3 cm³/mol. The van der Waals surface area contributed by atoms with Gasteiger partial charge in [0.2, 0.25) is 0 Å². The van der Waals surface area contributed by atoms with E-state index in [1.165, 1.54) is 43.1 Å². The number of aryl methyl sites for hydroxylation is 1. The molecule has 0 amide bonds. The number of rotatable bonds is 1. The van der Waals surface area contributed by atoms with Gasteiger partial charge in [0.1, 0.15) is 0 Å². The smallest absolute Gasteiger partial charge is 0.0722 e. The van der Waals surface area contributed by atoms with Crippen LogP contribution in [0.4, 0.5) is 0 Å². The van der Waals surface area contributed by atoms with E-state index in [1.807, 2.05) is 12.1 Å². The van der Waals surface area contributed by atoms with Gasteiger partial charge in [0.05, 0.1) is 5.52 Å². The molecule has 94 valence electrons. The molecule has 1 nitrogen and oxygen atoms in total. The Morgan fingerprint density at radius 1 is 1.11 bits per heavy atom. The number of aromatic nitrogens is 1. The standard InChI is InChI=1S/C16H18ClN/c1-11-9-15(12-5-3-2-4-6-12)14-8-7-13(17)10-16(14)18-11/h7-10,12H,2-6H2,1H3. The van der Waals surface area contributed by atoms with Gasteiger partial charge in [0.25, 0.3) is 0 Å². The molecule has 1 aromatic carbocycles. The first kappa shape index (κ1) is 12.0. The van der Waals surface area contributed by atoms with E-state index in [0.29, 0.717) is 5.92 Å². The minimum absolute atomic E-state index is 0.712. The van der Waals surface area contributed by atoms with Crippen molar-refractivity contribution in [1.29, 1.82) is 0 Å². The highest BCUT2D eigenvalue weighted by atomic mass is 35.5. The highest BCUT2D eigenvalue weighted by Gasteiger charge is 2.18. The first-order valence-corrected chi connectivity index (χ1v) is 7.18. The largest absolute Gasteiger partial charge is 0.253 e. The zero-order valence-corrected chi connectivity index (χ0v) is 11.5. The minimum atomic E-state index is 0.712. The van der Waals surface area contributed by atoms with E-state index in [2.05, 4.69) is 24.0 Å². The lowest BCUT2D eigenvalue weighted by atomic mass is 9.82. The van der Waals surface area contributed by atoms with Crippen molar-refractivity contribution >= 4 is 22.5 Å². The molecule has 1 heterocycles. The second kappa shape index (κ2) is 4.89. The van der Waals surface area contributed by atoms with Crippen LogP contribution in [-0.4, -0.2) is 4.98 Å². The average molecular weight is 260 g/mol. The van der Waals surface area contributed by atoms with Crippen molar-refractivity contribution in [3.05, 3.63) is 40.5 Å². The van der Waals surface area contributed by atoms with Crippen LogP contribution in [0.5, 0.6) is 0 Å². The first-order valence-electron chi connectivity index (χ1n) is 6.81. The maximum atomic E-state index is 6.07. The van der Waals surface area contributed by atoms with Gasteiger partial charge in [0.15, 0.2) is 0 Å². The molecule has 2 aromatic rings. The molecule has 1 saturated carbocycles. The average Bonchev–Trinajstić information content (AvgIpc) is 2.38. The molecule has 1 aromatic heterocycles. The van der Waals surface area contributed by atoms with Gasteiger partial charge in [-0.15, -0.1) is 0 Å². The van der Waals surface area contributed by atoms with Crippen molar-refractivity contribution in [1.82, 2.24) is 4.98 Å². The third-order valence-electron chi connectivity index (χ3n) is 3.98. The van der Waals surface area contributed by atoms with Crippen LogP contribution in [0.15, 0.2) is 24.3 Å². The Bertz CT molecular complexity index is 565. The number of halogens is 1. The lowest BCUT2D eigenvalue weighted by Gasteiger charge is -2.23. The summed E-state index contributed by atoms with van der Waals surface area (Å²) in [6.45, 7) is 2.08. The van der Waals surface area contributed by atoms with Crippen molar-refractivity contribution in [3.63, 3.8) is 0 Å². The number of benzene rings is 1. The Balaban J connectivity index is 2.14. The molecule has 0 atom stereocenters. The molecular formula is C16H18ClN. The molecular weight excluding hydrogens is 242 g/mol. The fraction of sp³-hybridized carbons (Fsp3) is 0.438. The molecule has 0 unspecified atom stereocenters. The summed E-state index contributed by atoms with van der Waals surface area (Å²) >= 11 is 6.07. The zero-order valence-electron chi connectivity index (χ0n) is 10.7. The molecule has 1 aliphatic carbocycles. The summed E-state index contributed by atoms with van der Waals surface area (Å²) in [4.78, 5) is 4.61. The number of fused-ring (bicyclic) bond motifs is 1. The number of hydrogen-bond donors (Lipinski definition) is 0. The molecule has 18 heavy (non-hydrogen) atoms. The predicted octanol–water partition coefficient (Wildman–Crippen LogP) is 5.24. The lowest BCUT2D eigenvalue weighted by molar-refractivity contribution is 0.445. The van der Waals surface area contributed by atoms with Gasteiger partial charge in [-0.2, -0.15) is 0 Å². The monoisotopic (exact) mass is 259 g/mol. The van der Waals surface area contributed by atoms with E-state index in [-0.39, 0.29) is 0 Å². The van der Waals surface area contributed by atoms with Crippen LogP contribution < -0.4 is 0 Å². The lowest BCUT2D eigenvalue weighted by Crippen LogP contribution is -2.06. The second-order valence-corrected chi connectivity index (χ2v) is 5.79. The third-order valence-corrected chi connectivity index (χ3v) is 4.21. The van der Waals surface area contributed by atoms with E-state index in [0.717, 1.165) is 16.2 Å². The Hall–Kier alpha value is -1.08. The normalized spacial score (nSPS) is 17.2. The summed E-state index contributed by atoms with van der Waals surface area (Å²) in [7, 11) is 0. The molecule has 3 rings (SSSR count). The SMILES string of the molecule is Cc1cc(C2CCCCC2)c2ccc(Cl)cc2n1. The summed E-state index contributed by atoms with van der Waals surface area (Å²) in [6, 6.07) is 8.36. The Labute approximate surface area is 113 Å². The van der Waals surface area contributed by atoms with E-state index in [4.69, 9.17) is 11.6 Å². The quantitative estimate of drug-likeness (QED) is 0.682. The third kappa shape index (κ3) is 2.24. The van der Waals surface area contributed by atoms with E-state index in [1.54, 1.807) is 0 Å². The molecule has 1 aliphatic rings. The fourth-order valence-corrected chi connectivity index (χ4v) is 3.28. The summed E-state index contributed by atoms with van der Waals surface area (Å²) in [5.41, 5.74) is 3.63. The van der Waals surface area contributed by atoms with Crippen LogP contribution in [0.1, 0.15) is 49.3 Å². The van der Waals surface area contributed by atoms with Gasteiger partial charge in [-0.05, 0) is 49.4 Å². The van der Waals surface area contributed by atoms with Gasteiger partial charge in [-0.25, -0.2) is 0 Å². The first-order chi connectivity index (χ1) is 8.74. The maximum absolute atomic E-state index is 6.07. The van der Waals surface area contributed by atoms with Crippen LogP contribution in [0, 0.1) is 6.92 Å². The summed E-state index contributed by atoms with van der Waals surface area (Å²) in [5.74, 6) is 0.712. The van der Waals surface area contributed by atoms with Crippen LogP contribution in [-0.2, 0) is 0 Å². The molecule has 0 saturated heterocycles. The molecule has 0 N–H and O–H groups in total. The van der Waals surface area contributed by atoms with E-state index in [9.17, 15) is 0 Å². The van der Waals surface area contributed by atoms with Crippen LogP contribution >= 0.6 is 11.6 Å². The Kier molecular flexibility index (Phi) is 3.25. The Morgan fingerprint density at radius 3 is 2.67 bits per heavy atom. The molecule has 2 heteroatoms. The summed E-state index contributed by atoms with van der Waals surface area (Å²) < 4.78 is 0. The van der Waals surface area contributed by atoms with Crippen molar-refractivity contribution < 1.29 is 0 Å². The van der Waals surface area contributed by atoms with Crippen LogP contribution in [0.25, 0.3) is 10.9 Å². The van der Waals surface area contributed by atoms with Crippen molar-refractivity contribution in [3.8, 4) is 0 Å². The van der Waals surface area contributed by atoms with E-state index < -0.39 is 0 Å². The zero-order chi connectivity index (χ0) is 12.5. The summed E-state index contributed by atoms with van der Waals surface area (Å²) in [5, 5.41) is 2.06. The molecule has 0 bridgehead atoms. The molecule has 0 spiro atoms. The van der Waals surface area contributed by atoms with Gasteiger partial charge in [0, 0.05) is 16.1 Å².